The van der Waals surface area contributed by atoms with Crippen molar-refractivity contribution in [3.63, 3.8) is 0 Å². The lowest BCUT2D eigenvalue weighted by atomic mass is 9.82. The number of anilines is 2. The minimum atomic E-state index is -0.0954. The molecule has 0 atom stereocenters. The van der Waals surface area contributed by atoms with Crippen LogP contribution in [-0.4, -0.2) is 27.5 Å². The minimum Gasteiger partial charge on any atom is -0.394 e. The summed E-state index contributed by atoms with van der Waals surface area (Å²) in [6.07, 6.45) is 1.69. The maximum Gasteiger partial charge on any atom is 0.148 e. The molecule has 1 aromatic rings. The monoisotopic (exact) mass is 224 g/mol. The second-order valence-electron chi connectivity index (χ2n) is 4.54. The lowest BCUT2D eigenvalue weighted by molar-refractivity contribution is 0.0486. The molecule has 5 nitrogen and oxygen atoms in total. The smallest absolute Gasteiger partial charge is 0.148 e. The van der Waals surface area contributed by atoms with Gasteiger partial charge in [-0.15, -0.1) is 0 Å². The molecule has 90 valence electrons. The van der Waals surface area contributed by atoms with E-state index in [9.17, 15) is 5.11 Å². The Labute approximate surface area is 95.6 Å². The summed E-state index contributed by atoms with van der Waals surface area (Å²) >= 11 is 0. The van der Waals surface area contributed by atoms with E-state index in [1.807, 2.05) is 18.5 Å². The molecular weight excluding hydrogens is 204 g/mol. The highest BCUT2D eigenvalue weighted by atomic mass is 16.3. The Morgan fingerprint density at radius 2 is 2.25 bits per heavy atom. The molecule has 4 N–H and O–H groups in total. The van der Waals surface area contributed by atoms with Gasteiger partial charge < -0.3 is 16.2 Å². The van der Waals surface area contributed by atoms with Gasteiger partial charge >= 0.3 is 0 Å². The van der Waals surface area contributed by atoms with Gasteiger partial charge in [0.2, 0.25) is 0 Å². The van der Waals surface area contributed by atoms with Crippen molar-refractivity contribution in [2.45, 2.75) is 39.3 Å². The van der Waals surface area contributed by atoms with Crippen LogP contribution in [0.15, 0.2) is 0 Å². The van der Waals surface area contributed by atoms with Gasteiger partial charge in [0, 0.05) is 13.1 Å². The molecule has 1 heterocycles. The minimum absolute atomic E-state index is 0.0954. The Balaban J connectivity index is 1.97. The highest BCUT2D eigenvalue weighted by Gasteiger charge is 2.27. The molecule has 0 saturated heterocycles. The first kappa shape index (κ1) is 11.3. The quantitative estimate of drug-likeness (QED) is 0.712. The largest absolute Gasteiger partial charge is 0.394 e. The second-order valence-corrected chi connectivity index (χ2v) is 4.54. The molecule has 1 fully saturated rings. The molecule has 0 amide bonds. The topological polar surface area (TPSA) is 76.1 Å². The van der Waals surface area contributed by atoms with Crippen LogP contribution in [0.4, 0.5) is 11.5 Å². The summed E-state index contributed by atoms with van der Waals surface area (Å²) in [5.74, 6) is 1.48. The van der Waals surface area contributed by atoms with Gasteiger partial charge in [-0.05, 0) is 32.6 Å². The van der Waals surface area contributed by atoms with Crippen LogP contribution in [0.1, 0.15) is 25.5 Å². The van der Waals surface area contributed by atoms with Gasteiger partial charge in [0.15, 0.2) is 0 Å². The van der Waals surface area contributed by atoms with Gasteiger partial charge in [0.25, 0.3) is 0 Å². The first-order valence-corrected chi connectivity index (χ1v) is 5.86. The van der Waals surface area contributed by atoms with E-state index in [-0.39, 0.29) is 6.10 Å². The highest BCUT2D eigenvalue weighted by molar-refractivity contribution is 5.64. The van der Waals surface area contributed by atoms with Crippen LogP contribution < -0.4 is 11.1 Å². The summed E-state index contributed by atoms with van der Waals surface area (Å²) < 4.78 is 1.89. The van der Waals surface area contributed by atoms with Crippen molar-refractivity contribution in [2.24, 2.45) is 5.92 Å². The van der Waals surface area contributed by atoms with Crippen LogP contribution in [0.3, 0.4) is 0 Å². The normalized spacial score (nSPS) is 24.2. The number of aryl methyl sites for hydroxylation is 2. The Bertz CT molecular complexity index is 368. The van der Waals surface area contributed by atoms with Gasteiger partial charge in [-0.3, -0.25) is 0 Å². The fourth-order valence-corrected chi connectivity index (χ4v) is 2.12. The highest BCUT2D eigenvalue weighted by Crippen LogP contribution is 2.29. The van der Waals surface area contributed by atoms with Crippen LogP contribution in [0, 0.1) is 12.8 Å². The number of rotatable bonds is 4. The van der Waals surface area contributed by atoms with E-state index in [1.54, 1.807) is 0 Å². The molecule has 0 radical (unpaired) electrons. The SMILES string of the molecule is CCn1nc(C)c(N)c1NCC1CC(O)C1. The van der Waals surface area contributed by atoms with Gasteiger partial charge in [-0.25, -0.2) is 4.68 Å². The zero-order valence-electron chi connectivity index (χ0n) is 9.90. The van der Waals surface area contributed by atoms with Crippen LogP contribution in [-0.2, 0) is 6.54 Å². The van der Waals surface area contributed by atoms with Crippen molar-refractivity contribution < 1.29 is 5.11 Å². The predicted octanol–water partition coefficient (Wildman–Crippen LogP) is 0.976. The third kappa shape index (κ3) is 2.00. The van der Waals surface area contributed by atoms with Crippen molar-refractivity contribution in [3.8, 4) is 0 Å². The molecule has 1 aromatic heterocycles. The first-order valence-electron chi connectivity index (χ1n) is 5.86. The number of aliphatic hydroxyl groups excluding tert-OH is 1. The van der Waals surface area contributed by atoms with Crippen molar-refractivity contribution in [2.75, 3.05) is 17.6 Å². The fourth-order valence-electron chi connectivity index (χ4n) is 2.12. The zero-order chi connectivity index (χ0) is 11.7. The van der Waals surface area contributed by atoms with Gasteiger partial charge in [-0.1, -0.05) is 0 Å². The second kappa shape index (κ2) is 4.33. The number of nitrogen functional groups attached to an aromatic ring is 1. The van der Waals surface area contributed by atoms with Crippen molar-refractivity contribution >= 4 is 11.5 Å². The molecule has 2 rings (SSSR count). The number of nitrogens with two attached hydrogens (primary N) is 1. The molecule has 16 heavy (non-hydrogen) atoms. The molecule has 1 aliphatic rings. The van der Waals surface area contributed by atoms with E-state index in [0.29, 0.717) is 5.92 Å². The number of nitrogens with one attached hydrogen (secondary N) is 1. The molecule has 1 saturated carbocycles. The average Bonchev–Trinajstić information content (AvgIpc) is 2.49. The summed E-state index contributed by atoms with van der Waals surface area (Å²) in [5.41, 5.74) is 7.57. The summed E-state index contributed by atoms with van der Waals surface area (Å²) in [6, 6.07) is 0. The molecule has 0 spiro atoms. The number of aliphatic hydroxyl groups is 1. The summed E-state index contributed by atoms with van der Waals surface area (Å²) in [6.45, 7) is 5.64. The van der Waals surface area contributed by atoms with Gasteiger partial charge in [0.05, 0.1) is 17.5 Å². The van der Waals surface area contributed by atoms with E-state index in [4.69, 9.17) is 5.73 Å². The molecule has 0 unspecified atom stereocenters. The number of nitrogens with zero attached hydrogens (tertiary/aromatic N) is 2. The van der Waals surface area contributed by atoms with E-state index in [2.05, 4.69) is 10.4 Å². The summed E-state index contributed by atoms with van der Waals surface area (Å²) in [7, 11) is 0. The van der Waals surface area contributed by atoms with Crippen LogP contribution in [0.5, 0.6) is 0 Å². The number of hydrogen-bond acceptors (Lipinski definition) is 4. The van der Waals surface area contributed by atoms with Crippen molar-refractivity contribution in [1.82, 2.24) is 9.78 Å². The predicted molar refractivity (Wildman–Crippen MR) is 64.3 cm³/mol. The number of aromatic nitrogens is 2. The third-order valence-corrected chi connectivity index (χ3v) is 3.24. The van der Waals surface area contributed by atoms with E-state index in [0.717, 1.165) is 43.1 Å². The first-order chi connectivity index (χ1) is 7.61. The number of hydrogen-bond donors (Lipinski definition) is 3. The van der Waals surface area contributed by atoms with Crippen molar-refractivity contribution in [1.29, 1.82) is 0 Å². The molecule has 0 aliphatic heterocycles. The molecular formula is C11H20N4O. The summed E-state index contributed by atoms with van der Waals surface area (Å²) in [4.78, 5) is 0. The van der Waals surface area contributed by atoms with E-state index >= 15 is 0 Å². The summed E-state index contributed by atoms with van der Waals surface area (Å²) in [5, 5.41) is 16.9. The molecule has 0 aromatic carbocycles. The molecule has 0 bridgehead atoms. The lowest BCUT2D eigenvalue weighted by Crippen LogP contribution is -2.33. The Morgan fingerprint density at radius 3 is 2.81 bits per heavy atom. The maximum atomic E-state index is 9.20. The van der Waals surface area contributed by atoms with Crippen LogP contribution >= 0.6 is 0 Å². The van der Waals surface area contributed by atoms with Gasteiger partial charge in [0.1, 0.15) is 5.82 Å². The lowest BCUT2D eigenvalue weighted by Gasteiger charge is -2.31. The molecule has 5 heteroatoms. The van der Waals surface area contributed by atoms with E-state index < -0.39 is 0 Å². The fraction of sp³-hybridized carbons (Fsp3) is 0.727. The Morgan fingerprint density at radius 1 is 1.56 bits per heavy atom. The molecule has 1 aliphatic carbocycles. The zero-order valence-corrected chi connectivity index (χ0v) is 9.90. The average molecular weight is 224 g/mol. The third-order valence-electron chi connectivity index (χ3n) is 3.24. The maximum absolute atomic E-state index is 9.20. The van der Waals surface area contributed by atoms with E-state index in [1.165, 1.54) is 0 Å². The Kier molecular flexibility index (Phi) is 3.05. The van der Waals surface area contributed by atoms with Gasteiger partial charge in [-0.2, -0.15) is 5.10 Å². The Hall–Kier alpha value is -1.23. The van der Waals surface area contributed by atoms with Crippen molar-refractivity contribution in [3.05, 3.63) is 5.69 Å². The van der Waals surface area contributed by atoms with Crippen LogP contribution in [0.2, 0.25) is 0 Å². The standard InChI is InChI=1S/C11H20N4O/c1-3-15-11(10(12)7(2)14-15)13-6-8-4-9(16)5-8/h8-9,13,16H,3-6,12H2,1-2H3. The van der Waals surface area contributed by atoms with Crippen LogP contribution in [0.25, 0.3) is 0 Å².